The van der Waals surface area contributed by atoms with Crippen molar-refractivity contribution in [3.8, 4) is 0 Å². The number of rotatable bonds is 3. The van der Waals surface area contributed by atoms with E-state index in [0.717, 1.165) is 12.1 Å². The maximum atomic E-state index is 12.5. The fraction of sp³-hybridized carbons (Fsp3) is 0.263. The Balaban J connectivity index is 1.56. The second-order valence-corrected chi connectivity index (χ2v) is 6.21. The molecule has 1 N–H and O–H groups in total. The van der Waals surface area contributed by atoms with Crippen molar-refractivity contribution in [1.29, 1.82) is 0 Å². The van der Waals surface area contributed by atoms with Gasteiger partial charge < -0.3 is 9.84 Å². The quantitative estimate of drug-likeness (QED) is 0.789. The van der Waals surface area contributed by atoms with E-state index < -0.39 is 0 Å². The molecule has 4 heteroatoms. The number of nitrogens with zero attached hydrogens (tertiary/aromatic N) is 1. The monoisotopic (exact) mass is 306 g/mol. The molecule has 0 spiro atoms. The Hall–Kier alpha value is -2.62. The van der Waals surface area contributed by atoms with Gasteiger partial charge in [-0.2, -0.15) is 0 Å². The maximum Gasteiger partial charge on any atom is 0.228 e. The summed E-state index contributed by atoms with van der Waals surface area (Å²) in [6, 6.07) is 14.6. The molecule has 2 atom stereocenters. The molecule has 1 aliphatic rings. The molecule has 3 aromatic rings. The van der Waals surface area contributed by atoms with Crippen LogP contribution in [0.1, 0.15) is 29.4 Å². The van der Waals surface area contributed by atoms with Crippen LogP contribution in [0.2, 0.25) is 0 Å². The van der Waals surface area contributed by atoms with Crippen LogP contribution in [0.25, 0.3) is 10.8 Å². The predicted octanol–water partition coefficient (Wildman–Crippen LogP) is 4.19. The summed E-state index contributed by atoms with van der Waals surface area (Å²) in [4.78, 5) is 12.5. The summed E-state index contributed by atoms with van der Waals surface area (Å²) in [5.74, 6) is 1.02. The van der Waals surface area contributed by atoms with Crippen molar-refractivity contribution >= 4 is 22.4 Å². The minimum atomic E-state index is 0.0227. The van der Waals surface area contributed by atoms with Crippen LogP contribution >= 0.6 is 0 Å². The second kappa shape index (κ2) is 5.23. The smallest absolute Gasteiger partial charge is 0.228 e. The van der Waals surface area contributed by atoms with Gasteiger partial charge in [-0.25, -0.2) is 0 Å². The summed E-state index contributed by atoms with van der Waals surface area (Å²) < 4.78 is 5.10. The zero-order valence-corrected chi connectivity index (χ0v) is 13.2. The molecule has 1 amide bonds. The number of hydrogen-bond donors (Lipinski definition) is 1. The van der Waals surface area contributed by atoms with E-state index in [4.69, 9.17) is 4.52 Å². The summed E-state index contributed by atoms with van der Waals surface area (Å²) >= 11 is 0. The average Bonchev–Trinajstić information content (AvgIpc) is 3.31. The van der Waals surface area contributed by atoms with E-state index in [1.807, 2.05) is 26.0 Å². The molecule has 116 valence electrons. The van der Waals surface area contributed by atoms with Gasteiger partial charge in [0.25, 0.3) is 0 Å². The number of nitrogens with one attached hydrogen (secondary N) is 1. The zero-order valence-electron chi connectivity index (χ0n) is 13.2. The number of aryl methyl sites for hydroxylation is 2. The van der Waals surface area contributed by atoms with E-state index in [0.29, 0.717) is 17.4 Å². The number of fused-ring (bicyclic) bond motifs is 1. The lowest BCUT2D eigenvalue weighted by Gasteiger charge is -2.07. The number of benzene rings is 2. The number of carbonyl (C=O) groups excluding carboxylic acids is 1. The van der Waals surface area contributed by atoms with Crippen molar-refractivity contribution < 1.29 is 9.32 Å². The van der Waals surface area contributed by atoms with Crippen LogP contribution in [0, 0.1) is 19.8 Å². The minimum absolute atomic E-state index is 0.0227. The van der Waals surface area contributed by atoms with E-state index in [9.17, 15) is 4.79 Å². The molecule has 1 aliphatic carbocycles. The van der Waals surface area contributed by atoms with Gasteiger partial charge in [-0.3, -0.25) is 4.79 Å². The Kier molecular flexibility index (Phi) is 3.18. The molecule has 4 rings (SSSR count). The fourth-order valence-corrected chi connectivity index (χ4v) is 3.28. The lowest BCUT2D eigenvalue weighted by atomic mass is 10.00. The molecular formula is C19H18N2O2. The number of hydrogen-bond acceptors (Lipinski definition) is 3. The van der Waals surface area contributed by atoms with Crippen molar-refractivity contribution in [2.75, 3.05) is 5.32 Å². The third kappa shape index (κ3) is 2.40. The van der Waals surface area contributed by atoms with E-state index in [1.54, 1.807) is 0 Å². The lowest BCUT2D eigenvalue weighted by Crippen LogP contribution is -2.15. The zero-order chi connectivity index (χ0) is 16.0. The van der Waals surface area contributed by atoms with Crippen LogP contribution < -0.4 is 5.32 Å². The topological polar surface area (TPSA) is 55.1 Å². The molecule has 0 bridgehead atoms. The lowest BCUT2D eigenvalue weighted by molar-refractivity contribution is -0.117. The van der Waals surface area contributed by atoms with Crippen LogP contribution in [0.5, 0.6) is 0 Å². The Morgan fingerprint density at radius 3 is 2.74 bits per heavy atom. The van der Waals surface area contributed by atoms with Crippen molar-refractivity contribution in [2.45, 2.75) is 26.2 Å². The van der Waals surface area contributed by atoms with E-state index in [1.165, 1.54) is 16.3 Å². The molecule has 0 radical (unpaired) electrons. The summed E-state index contributed by atoms with van der Waals surface area (Å²) in [6.45, 7) is 3.64. The molecule has 0 saturated heterocycles. The van der Waals surface area contributed by atoms with E-state index in [-0.39, 0.29) is 11.8 Å². The largest absolute Gasteiger partial charge is 0.359 e. The van der Waals surface area contributed by atoms with Gasteiger partial charge in [-0.1, -0.05) is 47.6 Å². The summed E-state index contributed by atoms with van der Waals surface area (Å²) in [6.07, 6.45) is 0.892. The van der Waals surface area contributed by atoms with Crippen LogP contribution in [-0.2, 0) is 4.79 Å². The first-order chi connectivity index (χ1) is 11.1. The van der Waals surface area contributed by atoms with E-state index >= 15 is 0 Å². The number of amides is 1. The Bertz CT molecular complexity index is 873. The van der Waals surface area contributed by atoms with Crippen LogP contribution in [-0.4, -0.2) is 11.1 Å². The first kappa shape index (κ1) is 14.0. The van der Waals surface area contributed by atoms with Crippen molar-refractivity contribution in [2.24, 2.45) is 5.92 Å². The van der Waals surface area contributed by atoms with Crippen molar-refractivity contribution in [3.05, 3.63) is 59.5 Å². The summed E-state index contributed by atoms with van der Waals surface area (Å²) in [5.41, 5.74) is 2.69. The predicted molar refractivity (Wildman–Crippen MR) is 89.4 cm³/mol. The highest BCUT2D eigenvalue weighted by Crippen LogP contribution is 2.50. The standard InChI is InChI=1S/C19H18N2O2/c1-11-18(12(2)23-21-11)20-19(22)17-10-16(17)15-9-5-7-13-6-3-4-8-14(13)15/h3-9,16-17H,10H2,1-2H3,(H,20,22)/t16-,17-/m1/s1. The molecule has 1 fully saturated rings. The van der Waals surface area contributed by atoms with Gasteiger partial charge in [0.1, 0.15) is 11.4 Å². The average molecular weight is 306 g/mol. The molecule has 1 saturated carbocycles. The normalized spacial score (nSPS) is 19.7. The maximum absolute atomic E-state index is 12.5. The van der Waals surface area contributed by atoms with Gasteiger partial charge in [-0.05, 0) is 42.5 Å². The highest BCUT2D eigenvalue weighted by Gasteiger charge is 2.44. The van der Waals surface area contributed by atoms with Gasteiger partial charge in [-0.15, -0.1) is 0 Å². The SMILES string of the molecule is Cc1noc(C)c1NC(=O)[C@@H]1C[C@@H]1c1cccc2ccccc12. The number of anilines is 1. The van der Waals surface area contributed by atoms with Gasteiger partial charge in [0.05, 0.1) is 0 Å². The molecule has 2 aromatic carbocycles. The Morgan fingerprint density at radius 2 is 1.96 bits per heavy atom. The Morgan fingerprint density at radius 1 is 1.17 bits per heavy atom. The van der Waals surface area contributed by atoms with Gasteiger partial charge in [0.15, 0.2) is 5.76 Å². The fourth-order valence-electron chi connectivity index (χ4n) is 3.28. The number of aromatic nitrogens is 1. The molecule has 1 heterocycles. The molecule has 1 aromatic heterocycles. The van der Waals surface area contributed by atoms with E-state index in [2.05, 4.69) is 40.8 Å². The summed E-state index contributed by atoms with van der Waals surface area (Å²) in [7, 11) is 0. The second-order valence-electron chi connectivity index (χ2n) is 6.21. The van der Waals surface area contributed by atoms with Gasteiger partial charge >= 0.3 is 0 Å². The third-order valence-corrected chi connectivity index (χ3v) is 4.63. The first-order valence-corrected chi connectivity index (χ1v) is 7.86. The highest BCUT2D eigenvalue weighted by atomic mass is 16.5. The molecule has 0 aliphatic heterocycles. The molecular weight excluding hydrogens is 288 g/mol. The van der Waals surface area contributed by atoms with Crippen LogP contribution in [0.4, 0.5) is 5.69 Å². The molecule has 0 unspecified atom stereocenters. The highest BCUT2D eigenvalue weighted by molar-refractivity contribution is 5.97. The van der Waals surface area contributed by atoms with Gasteiger partial charge in [0.2, 0.25) is 5.91 Å². The minimum Gasteiger partial charge on any atom is -0.359 e. The Labute approximate surface area is 134 Å². The van der Waals surface area contributed by atoms with Crippen molar-refractivity contribution in [1.82, 2.24) is 5.16 Å². The van der Waals surface area contributed by atoms with Crippen LogP contribution in [0.15, 0.2) is 47.0 Å². The summed E-state index contributed by atoms with van der Waals surface area (Å²) in [5, 5.41) is 9.32. The van der Waals surface area contributed by atoms with Crippen LogP contribution in [0.3, 0.4) is 0 Å². The van der Waals surface area contributed by atoms with Crippen molar-refractivity contribution in [3.63, 3.8) is 0 Å². The van der Waals surface area contributed by atoms with Gasteiger partial charge in [0, 0.05) is 5.92 Å². The molecule has 4 nitrogen and oxygen atoms in total. The third-order valence-electron chi connectivity index (χ3n) is 4.63. The molecule has 23 heavy (non-hydrogen) atoms. The first-order valence-electron chi connectivity index (χ1n) is 7.86. The number of carbonyl (C=O) groups is 1.